The number of pyridine rings is 1. The van der Waals surface area contributed by atoms with E-state index < -0.39 is 0 Å². The van der Waals surface area contributed by atoms with Gasteiger partial charge in [-0.3, -0.25) is 15.1 Å². The van der Waals surface area contributed by atoms with E-state index in [1.54, 1.807) is 6.92 Å². The molecule has 0 saturated carbocycles. The number of nitrogens with two attached hydrogens (primary N) is 1. The van der Waals surface area contributed by atoms with Crippen LogP contribution in [0.4, 0.5) is 0 Å². The summed E-state index contributed by atoms with van der Waals surface area (Å²) in [6.07, 6.45) is 0. The average molecular weight is 423 g/mol. The zero-order valence-electron chi connectivity index (χ0n) is 17.0. The second kappa shape index (κ2) is 8.81. The van der Waals surface area contributed by atoms with Crippen molar-refractivity contribution in [2.75, 3.05) is 32.7 Å². The summed E-state index contributed by atoms with van der Waals surface area (Å²) < 4.78 is 2.35. The Kier molecular flexibility index (Phi) is 5.96. The molecule has 0 bridgehead atoms. The lowest BCUT2D eigenvalue weighted by Gasteiger charge is -2.34. The number of nitrogens with one attached hydrogen (secondary N) is 1. The molecule has 0 spiro atoms. The Bertz CT molecular complexity index is 1100. The van der Waals surface area contributed by atoms with Crippen molar-refractivity contribution in [1.29, 1.82) is 0 Å². The summed E-state index contributed by atoms with van der Waals surface area (Å²) in [6.45, 7) is 6.81. The monoisotopic (exact) mass is 422 g/mol. The smallest absolute Gasteiger partial charge is 0.219 e. The number of carbonyl (C=O) groups is 1. The molecule has 2 heterocycles. The highest BCUT2D eigenvalue weighted by molar-refractivity contribution is 7.80. The van der Waals surface area contributed by atoms with Crippen molar-refractivity contribution in [1.82, 2.24) is 19.8 Å². The van der Waals surface area contributed by atoms with Gasteiger partial charge in [-0.2, -0.15) is 5.10 Å². The number of piperazine rings is 1. The van der Waals surface area contributed by atoms with Gasteiger partial charge in [-0.1, -0.05) is 36.4 Å². The molecule has 1 fully saturated rings. The summed E-state index contributed by atoms with van der Waals surface area (Å²) in [6, 6.07) is 16.5. The number of amides is 1. The number of fused-ring (bicyclic) bond motifs is 2. The van der Waals surface area contributed by atoms with Crippen LogP contribution in [0.25, 0.3) is 21.8 Å². The van der Waals surface area contributed by atoms with E-state index in [0.29, 0.717) is 0 Å². The molecule has 2 aromatic carbocycles. The van der Waals surface area contributed by atoms with Gasteiger partial charge in [0.1, 0.15) is 5.36 Å². The summed E-state index contributed by atoms with van der Waals surface area (Å²) in [5.74, 6) is 0.158. The van der Waals surface area contributed by atoms with Crippen LogP contribution in [0, 0.1) is 0 Å². The number of carbonyl (C=O) groups excluding carboxylic acids is 1. The number of aromatic nitrogens is 1. The topological polar surface area (TPSA) is 78.9 Å². The molecule has 30 heavy (non-hydrogen) atoms. The van der Waals surface area contributed by atoms with Gasteiger partial charge >= 0.3 is 0 Å². The molecule has 3 aromatic rings. The Labute approximate surface area is 180 Å². The molecule has 1 aliphatic heterocycles. The minimum atomic E-state index is 0.143. The maximum Gasteiger partial charge on any atom is 0.219 e. The van der Waals surface area contributed by atoms with E-state index in [0.717, 1.165) is 66.4 Å². The Morgan fingerprint density at radius 2 is 1.57 bits per heavy atom. The maximum absolute atomic E-state index is 11.6. The van der Waals surface area contributed by atoms with Gasteiger partial charge in [0.25, 0.3) is 0 Å². The fourth-order valence-electron chi connectivity index (χ4n) is 4.09. The van der Waals surface area contributed by atoms with E-state index in [4.69, 9.17) is 18.0 Å². The van der Waals surface area contributed by atoms with E-state index in [-0.39, 0.29) is 11.0 Å². The molecule has 1 aromatic heterocycles. The normalized spacial score (nSPS) is 14.8. The van der Waals surface area contributed by atoms with E-state index in [1.165, 1.54) is 0 Å². The molecular weight excluding hydrogens is 396 g/mol. The molecule has 7 nitrogen and oxygen atoms in total. The molecular formula is C22H26N6OS. The second-order valence-corrected chi connectivity index (χ2v) is 7.91. The minimum absolute atomic E-state index is 0.143. The molecule has 0 unspecified atom stereocenters. The summed E-state index contributed by atoms with van der Waals surface area (Å²) in [5, 5.41) is 7.56. The summed E-state index contributed by atoms with van der Waals surface area (Å²) >= 11 is 4.94. The van der Waals surface area contributed by atoms with Crippen LogP contribution in [0.2, 0.25) is 0 Å². The molecule has 1 aliphatic rings. The van der Waals surface area contributed by atoms with Gasteiger partial charge in [-0.05, 0) is 24.4 Å². The number of hydrogen-bond donors (Lipinski definition) is 2. The molecule has 8 heteroatoms. The minimum Gasteiger partial charge on any atom is -0.375 e. The highest BCUT2D eigenvalue weighted by Gasteiger charge is 2.18. The molecule has 156 valence electrons. The van der Waals surface area contributed by atoms with Crippen LogP contribution in [0.5, 0.6) is 0 Å². The van der Waals surface area contributed by atoms with Crippen molar-refractivity contribution in [2.45, 2.75) is 13.5 Å². The van der Waals surface area contributed by atoms with Gasteiger partial charge in [-0.25, -0.2) is 0 Å². The number of benzene rings is 2. The van der Waals surface area contributed by atoms with Gasteiger partial charge in [0.15, 0.2) is 5.11 Å². The predicted octanol–water partition coefficient (Wildman–Crippen LogP) is 1.61. The molecule has 0 atom stereocenters. The van der Waals surface area contributed by atoms with Crippen LogP contribution in [0.3, 0.4) is 0 Å². The van der Waals surface area contributed by atoms with Crippen molar-refractivity contribution < 1.29 is 4.79 Å². The fourth-order valence-corrected chi connectivity index (χ4v) is 4.14. The van der Waals surface area contributed by atoms with Crippen molar-refractivity contribution in [3.63, 3.8) is 0 Å². The Morgan fingerprint density at radius 3 is 2.10 bits per heavy atom. The van der Waals surface area contributed by atoms with Crippen molar-refractivity contribution in [2.24, 2.45) is 10.8 Å². The first-order chi connectivity index (χ1) is 14.5. The zero-order valence-corrected chi connectivity index (χ0v) is 17.9. The van der Waals surface area contributed by atoms with Gasteiger partial charge in [0.2, 0.25) is 5.91 Å². The molecule has 1 saturated heterocycles. The summed E-state index contributed by atoms with van der Waals surface area (Å²) in [5.41, 5.74) is 10.6. The summed E-state index contributed by atoms with van der Waals surface area (Å²) in [7, 11) is 0. The highest BCUT2D eigenvalue weighted by atomic mass is 32.1. The number of para-hydroxylation sites is 2. The Hall–Kier alpha value is -2.97. The van der Waals surface area contributed by atoms with Crippen LogP contribution in [0.1, 0.15) is 6.92 Å². The van der Waals surface area contributed by atoms with Crippen LogP contribution in [-0.4, -0.2) is 58.1 Å². The molecule has 1 amide bonds. The summed E-state index contributed by atoms with van der Waals surface area (Å²) in [4.78, 5) is 15.9. The predicted molar refractivity (Wildman–Crippen MR) is 124 cm³/mol. The third kappa shape index (κ3) is 4.15. The molecule has 0 radical (unpaired) electrons. The van der Waals surface area contributed by atoms with Gasteiger partial charge in [-0.15, -0.1) is 0 Å². The lowest BCUT2D eigenvalue weighted by molar-refractivity contribution is -0.130. The third-order valence-corrected chi connectivity index (χ3v) is 5.73. The Morgan fingerprint density at radius 1 is 1.00 bits per heavy atom. The zero-order chi connectivity index (χ0) is 21.1. The molecule has 3 N–H and O–H groups in total. The lowest BCUT2D eigenvalue weighted by atomic mass is 10.1. The SMILES string of the molecule is CC(=O)N1CCN(CCn2c3ccccc3c(=NNC(N)=S)c3ccccc32)CC1. The standard InChI is InChI=1S/C22H26N6OS/c1-16(29)27-13-10-26(11-14-27)12-15-28-19-8-4-2-6-17(19)21(24-25-22(23)30)18-7-3-5-9-20(18)28/h2-9H,10-15H2,1H3,(H3,23,25,30). The fraction of sp³-hybridized carbons (Fsp3) is 0.318. The number of thiocarbonyl (C=S) groups is 1. The number of hydrogen-bond acceptors (Lipinski definition) is 4. The van der Waals surface area contributed by atoms with E-state index in [1.807, 2.05) is 29.2 Å². The quantitative estimate of drug-likeness (QED) is 0.379. The first kappa shape index (κ1) is 20.3. The number of nitrogens with zero attached hydrogens (tertiary/aromatic N) is 4. The van der Waals surface area contributed by atoms with Crippen molar-refractivity contribution in [3.05, 3.63) is 53.9 Å². The molecule has 4 rings (SSSR count). The van der Waals surface area contributed by atoms with Crippen molar-refractivity contribution >= 4 is 45.0 Å². The van der Waals surface area contributed by atoms with Crippen LogP contribution < -0.4 is 16.5 Å². The van der Waals surface area contributed by atoms with E-state index in [2.05, 4.69) is 44.3 Å². The maximum atomic E-state index is 11.6. The van der Waals surface area contributed by atoms with Crippen LogP contribution >= 0.6 is 12.2 Å². The average Bonchev–Trinajstić information content (AvgIpc) is 2.76. The lowest BCUT2D eigenvalue weighted by Crippen LogP contribution is -2.48. The van der Waals surface area contributed by atoms with E-state index in [9.17, 15) is 4.79 Å². The van der Waals surface area contributed by atoms with Gasteiger partial charge in [0, 0.05) is 57.0 Å². The van der Waals surface area contributed by atoms with Crippen LogP contribution in [-0.2, 0) is 11.3 Å². The first-order valence-corrected chi connectivity index (χ1v) is 10.5. The highest BCUT2D eigenvalue weighted by Crippen LogP contribution is 2.19. The van der Waals surface area contributed by atoms with Gasteiger partial charge in [0.05, 0.1) is 11.0 Å². The van der Waals surface area contributed by atoms with Gasteiger partial charge < -0.3 is 15.2 Å². The Balaban J connectivity index is 1.71. The first-order valence-electron chi connectivity index (χ1n) is 10.1. The van der Waals surface area contributed by atoms with Crippen LogP contribution in [0.15, 0.2) is 53.6 Å². The van der Waals surface area contributed by atoms with Crippen molar-refractivity contribution in [3.8, 4) is 0 Å². The number of rotatable bonds is 4. The third-order valence-electron chi connectivity index (χ3n) is 5.64. The molecule has 0 aliphatic carbocycles. The second-order valence-electron chi connectivity index (χ2n) is 7.47. The van der Waals surface area contributed by atoms with E-state index >= 15 is 0 Å². The largest absolute Gasteiger partial charge is 0.375 e.